The highest BCUT2D eigenvalue weighted by atomic mass is 16.3. The summed E-state index contributed by atoms with van der Waals surface area (Å²) < 4.78 is 0. The minimum Gasteiger partial charge on any atom is -0.508 e. The largest absolute Gasteiger partial charge is 0.508 e. The lowest BCUT2D eigenvalue weighted by Crippen LogP contribution is -1.87. The Hall–Kier alpha value is -1.84. The number of aliphatic imine (C=N–C) groups is 2. The Bertz CT molecular complexity index is 290. The van der Waals surface area contributed by atoms with Crippen LogP contribution in [0.3, 0.4) is 0 Å². The maximum absolute atomic E-state index is 8.93. The average molecular weight is 163 g/mol. The van der Waals surface area contributed by atoms with Crippen molar-refractivity contribution in [3.63, 3.8) is 0 Å². The number of nitrogens with two attached hydrogens (primary N) is 1. The van der Waals surface area contributed by atoms with E-state index in [0.29, 0.717) is 0 Å². The first-order valence-corrected chi connectivity index (χ1v) is 3.38. The lowest BCUT2D eigenvalue weighted by molar-refractivity contribution is 0.475. The molecule has 1 aromatic rings. The highest BCUT2D eigenvalue weighted by Crippen LogP contribution is 2.15. The summed E-state index contributed by atoms with van der Waals surface area (Å²) in [6, 6.07) is 6.47. The second-order valence-electron chi connectivity index (χ2n) is 2.06. The predicted octanol–water partition coefficient (Wildman–Crippen LogP) is 1.04. The van der Waals surface area contributed by atoms with Crippen LogP contribution in [0.2, 0.25) is 0 Å². The van der Waals surface area contributed by atoms with Gasteiger partial charge in [-0.05, 0) is 24.3 Å². The molecule has 0 heterocycles. The van der Waals surface area contributed by atoms with Gasteiger partial charge in [-0.15, -0.1) is 0 Å². The van der Waals surface area contributed by atoms with E-state index in [9.17, 15) is 0 Å². The van der Waals surface area contributed by atoms with Crippen molar-refractivity contribution in [2.75, 3.05) is 0 Å². The molecule has 0 aliphatic heterocycles. The van der Waals surface area contributed by atoms with Crippen molar-refractivity contribution < 1.29 is 5.11 Å². The van der Waals surface area contributed by atoms with Crippen molar-refractivity contribution >= 4 is 18.4 Å². The summed E-state index contributed by atoms with van der Waals surface area (Å²) in [6.45, 7) is 0. The lowest BCUT2D eigenvalue weighted by atomic mass is 10.3. The Morgan fingerprint density at radius 3 is 2.50 bits per heavy atom. The Labute approximate surface area is 70.1 Å². The molecule has 0 saturated carbocycles. The maximum atomic E-state index is 8.93. The number of phenols is 1. The molecule has 0 aromatic heterocycles. The van der Waals surface area contributed by atoms with E-state index in [-0.39, 0.29) is 5.75 Å². The predicted molar refractivity (Wildman–Crippen MR) is 48.9 cm³/mol. The normalized spacial score (nSPS) is 11.3. The van der Waals surface area contributed by atoms with Crippen molar-refractivity contribution in [1.82, 2.24) is 0 Å². The van der Waals surface area contributed by atoms with Gasteiger partial charge in [0.2, 0.25) is 0 Å². The third kappa shape index (κ3) is 2.42. The Morgan fingerprint density at radius 2 is 1.92 bits per heavy atom. The standard InChI is InChI=1S/C8H9N3O/c9-5-10-6-11-7-1-3-8(12)4-2-7/h1-6,12H,(H2,9,10,11). The van der Waals surface area contributed by atoms with Gasteiger partial charge in [0, 0.05) is 0 Å². The van der Waals surface area contributed by atoms with Crippen molar-refractivity contribution in [3.05, 3.63) is 24.3 Å². The highest BCUT2D eigenvalue weighted by molar-refractivity contribution is 5.72. The molecular weight excluding hydrogens is 154 g/mol. The van der Waals surface area contributed by atoms with Crippen LogP contribution in [0.25, 0.3) is 0 Å². The average Bonchev–Trinajstić information content (AvgIpc) is 2.09. The van der Waals surface area contributed by atoms with Gasteiger partial charge < -0.3 is 10.8 Å². The highest BCUT2D eigenvalue weighted by Gasteiger charge is 1.86. The molecule has 4 nitrogen and oxygen atoms in total. The van der Waals surface area contributed by atoms with Crippen LogP contribution in [-0.4, -0.2) is 17.8 Å². The molecular formula is C8H9N3O. The van der Waals surface area contributed by atoms with E-state index in [0.717, 1.165) is 12.0 Å². The Kier molecular flexibility index (Phi) is 2.84. The van der Waals surface area contributed by atoms with Crippen molar-refractivity contribution in [1.29, 1.82) is 0 Å². The first-order chi connectivity index (χ1) is 5.83. The zero-order chi connectivity index (χ0) is 8.81. The van der Waals surface area contributed by atoms with E-state index in [1.54, 1.807) is 24.3 Å². The lowest BCUT2D eigenvalue weighted by Gasteiger charge is -1.91. The number of nitrogens with zero attached hydrogens (tertiary/aromatic N) is 2. The molecule has 4 heteroatoms. The van der Waals surface area contributed by atoms with E-state index in [2.05, 4.69) is 9.98 Å². The zero-order valence-corrected chi connectivity index (χ0v) is 6.38. The van der Waals surface area contributed by atoms with Gasteiger partial charge in [-0.1, -0.05) is 0 Å². The molecule has 0 radical (unpaired) electrons. The number of hydrogen-bond acceptors (Lipinski definition) is 2. The third-order valence-electron chi connectivity index (χ3n) is 1.21. The second kappa shape index (κ2) is 4.12. The molecule has 0 aliphatic rings. The van der Waals surface area contributed by atoms with E-state index in [4.69, 9.17) is 10.8 Å². The Balaban J connectivity index is 2.70. The van der Waals surface area contributed by atoms with Crippen LogP contribution in [0.5, 0.6) is 5.75 Å². The fraction of sp³-hybridized carbons (Fsp3) is 0. The molecule has 1 aromatic carbocycles. The maximum Gasteiger partial charge on any atom is 0.117 e. The quantitative estimate of drug-likeness (QED) is 0.505. The molecule has 0 aliphatic carbocycles. The van der Waals surface area contributed by atoms with E-state index in [1.807, 2.05) is 0 Å². The monoisotopic (exact) mass is 163 g/mol. The summed E-state index contributed by atoms with van der Waals surface area (Å²) in [5.41, 5.74) is 5.71. The summed E-state index contributed by atoms with van der Waals surface area (Å²) in [4.78, 5) is 7.51. The third-order valence-corrected chi connectivity index (χ3v) is 1.21. The summed E-state index contributed by atoms with van der Waals surface area (Å²) in [7, 11) is 0. The van der Waals surface area contributed by atoms with Crippen molar-refractivity contribution in [2.24, 2.45) is 15.7 Å². The van der Waals surface area contributed by atoms with Crippen LogP contribution in [0.1, 0.15) is 0 Å². The number of hydrogen-bond donors (Lipinski definition) is 2. The fourth-order valence-electron chi connectivity index (χ4n) is 0.677. The van der Waals surface area contributed by atoms with Crippen LogP contribution in [0.4, 0.5) is 5.69 Å². The van der Waals surface area contributed by atoms with E-state index < -0.39 is 0 Å². The summed E-state index contributed by atoms with van der Waals surface area (Å²) in [5, 5.41) is 8.93. The van der Waals surface area contributed by atoms with Crippen LogP contribution in [0, 0.1) is 0 Å². The van der Waals surface area contributed by atoms with Crippen molar-refractivity contribution in [3.8, 4) is 5.75 Å². The second-order valence-corrected chi connectivity index (χ2v) is 2.06. The molecule has 0 spiro atoms. The first kappa shape index (κ1) is 8.26. The SMILES string of the molecule is NC=NC=Nc1ccc(O)cc1. The number of benzene rings is 1. The molecule has 12 heavy (non-hydrogen) atoms. The Morgan fingerprint density at radius 1 is 1.25 bits per heavy atom. The summed E-state index contributed by atoms with van der Waals surface area (Å²) >= 11 is 0. The molecule has 3 N–H and O–H groups in total. The van der Waals surface area contributed by atoms with Crippen LogP contribution < -0.4 is 5.73 Å². The van der Waals surface area contributed by atoms with Gasteiger partial charge in [0.05, 0.1) is 12.0 Å². The number of phenolic OH excluding ortho intramolecular Hbond substituents is 1. The summed E-state index contributed by atoms with van der Waals surface area (Å²) in [5.74, 6) is 0.219. The zero-order valence-electron chi connectivity index (χ0n) is 6.38. The molecule has 0 saturated heterocycles. The topological polar surface area (TPSA) is 71.0 Å². The van der Waals surface area contributed by atoms with Crippen LogP contribution >= 0.6 is 0 Å². The van der Waals surface area contributed by atoms with E-state index >= 15 is 0 Å². The molecule has 0 amide bonds. The number of aromatic hydroxyl groups is 1. The van der Waals surface area contributed by atoms with Gasteiger partial charge in [0.1, 0.15) is 12.1 Å². The summed E-state index contributed by atoms with van der Waals surface area (Å²) in [6.07, 6.45) is 2.50. The molecule has 0 fully saturated rings. The fourth-order valence-corrected chi connectivity index (χ4v) is 0.677. The molecule has 62 valence electrons. The van der Waals surface area contributed by atoms with Gasteiger partial charge in [-0.3, -0.25) is 0 Å². The molecule has 0 bridgehead atoms. The molecule has 1 rings (SSSR count). The van der Waals surface area contributed by atoms with E-state index in [1.165, 1.54) is 6.34 Å². The van der Waals surface area contributed by atoms with Gasteiger partial charge in [-0.2, -0.15) is 0 Å². The minimum absolute atomic E-state index is 0.219. The minimum atomic E-state index is 0.219. The van der Waals surface area contributed by atoms with Crippen LogP contribution in [0.15, 0.2) is 34.3 Å². The van der Waals surface area contributed by atoms with Gasteiger partial charge in [-0.25, -0.2) is 9.98 Å². The van der Waals surface area contributed by atoms with Gasteiger partial charge in [0.15, 0.2) is 0 Å². The van der Waals surface area contributed by atoms with Crippen molar-refractivity contribution in [2.45, 2.75) is 0 Å². The first-order valence-electron chi connectivity index (χ1n) is 3.38. The molecule has 0 atom stereocenters. The van der Waals surface area contributed by atoms with Gasteiger partial charge >= 0.3 is 0 Å². The van der Waals surface area contributed by atoms with Crippen LogP contribution in [-0.2, 0) is 0 Å². The number of rotatable bonds is 2. The molecule has 0 unspecified atom stereocenters. The smallest absolute Gasteiger partial charge is 0.117 e. The van der Waals surface area contributed by atoms with Gasteiger partial charge in [0.25, 0.3) is 0 Å².